The second kappa shape index (κ2) is 44.3. The van der Waals surface area contributed by atoms with Crippen LogP contribution in [-0.4, -0.2) is 87.5 Å². The molecule has 1 rings (SSSR count). The summed E-state index contributed by atoms with van der Waals surface area (Å²) in [4.78, 5) is 13.0. The van der Waals surface area contributed by atoms with E-state index in [9.17, 15) is 30.3 Å². The Balaban J connectivity index is 2.24. The molecule has 0 aromatic rings. The molecule has 1 amide bonds. The highest BCUT2D eigenvalue weighted by atomic mass is 16.7. The van der Waals surface area contributed by atoms with Gasteiger partial charge in [0.25, 0.3) is 0 Å². The van der Waals surface area contributed by atoms with Gasteiger partial charge < -0.3 is 40.3 Å². The monoisotopic (exact) mass is 892 g/mol. The van der Waals surface area contributed by atoms with Gasteiger partial charge in [-0.2, -0.15) is 0 Å². The first-order chi connectivity index (χ1) is 30.8. The Bertz CT molecular complexity index is 1080. The Hall–Kier alpha value is -1.59. The van der Waals surface area contributed by atoms with Crippen molar-refractivity contribution in [1.82, 2.24) is 5.32 Å². The summed E-state index contributed by atoms with van der Waals surface area (Å²) >= 11 is 0. The maximum atomic E-state index is 13.0. The van der Waals surface area contributed by atoms with Crippen molar-refractivity contribution in [1.29, 1.82) is 0 Å². The van der Waals surface area contributed by atoms with Crippen LogP contribution in [0.5, 0.6) is 0 Å². The number of nitrogens with one attached hydrogen (secondary N) is 1. The molecule has 7 unspecified atom stereocenters. The highest BCUT2D eigenvalue weighted by Gasteiger charge is 2.44. The summed E-state index contributed by atoms with van der Waals surface area (Å²) in [6.45, 7) is 3.76. The number of hydrogen-bond donors (Lipinski definition) is 6. The fourth-order valence-corrected chi connectivity index (χ4v) is 8.42. The number of ether oxygens (including phenoxy) is 2. The van der Waals surface area contributed by atoms with Crippen LogP contribution in [0.3, 0.4) is 0 Å². The van der Waals surface area contributed by atoms with Crippen LogP contribution in [0.15, 0.2) is 36.5 Å². The van der Waals surface area contributed by atoms with E-state index < -0.39 is 49.5 Å². The number of aliphatic hydroxyl groups is 5. The number of rotatable bonds is 45. The van der Waals surface area contributed by atoms with Crippen LogP contribution in [0.2, 0.25) is 0 Å². The summed E-state index contributed by atoms with van der Waals surface area (Å²) in [5, 5.41) is 54.3. The number of carbonyl (C=O) groups excluding carboxylic acids is 1. The molecule has 9 heteroatoms. The first-order valence-electron chi connectivity index (χ1n) is 26.7. The Kier molecular flexibility index (Phi) is 41.7. The normalized spacial score (nSPS) is 20.4. The Morgan fingerprint density at radius 2 is 0.905 bits per heavy atom. The van der Waals surface area contributed by atoms with E-state index in [1.54, 1.807) is 6.08 Å². The van der Waals surface area contributed by atoms with Gasteiger partial charge in [0.1, 0.15) is 24.4 Å². The maximum absolute atomic E-state index is 13.0. The van der Waals surface area contributed by atoms with Crippen LogP contribution in [0.4, 0.5) is 0 Å². The first kappa shape index (κ1) is 59.4. The van der Waals surface area contributed by atoms with E-state index in [0.29, 0.717) is 6.42 Å². The number of aliphatic hydroxyl groups excluding tert-OH is 5. The number of hydrogen-bond acceptors (Lipinski definition) is 8. The number of amides is 1. The minimum Gasteiger partial charge on any atom is -0.394 e. The van der Waals surface area contributed by atoms with Crippen molar-refractivity contribution in [2.45, 2.75) is 288 Å². The summed E-state index contributed by atoms with van der Waals surface area (Å²) in [6.07, 6.45) is 49.2. The van der Waals surface area contributed by atoms with Crippen molar-refractivity contribution < 1.29 is 39.8 Å². The van der Waals surface area contributed by atoms with E-state index in [4.69, 9.17) is 9.47 Å². The van der Waals surface area contributed by atoms with Crippen molar-refractivity contribution in [3.8, 4) is 0 Å². The van der Waals surface area contributed by atoms with E-state index in [1.165, 1.54) is 173 Å². The highest BCUT2D eigenvalue weighted by Crippen LogP contribution is 2.23. The van der Waals surface area contributed by atoms with Crippen LogP contribution in [0.1, 0.15) is 245 Å². The van der Waals surface area contributed by atoms with Gasteiger partial charge in [0.2, 0.25) is 5.91 Å². The van der Waals surface area contributed by atoms with Gasteiger partial charge in [-0.3, -0.25) is 4.79 Å². The number of unbranched alkanes of at least 4 members (excludes halogenated alkanes) is 31. The molecule has 0 aliphatic carbocycles. The molecule has 0 aromatic carbocycles. The Morgan fingerprint density at radius 1 is 0.524 bits per heavy atom. The summed E-state index contributed by atoms with van der Waals surface area (Å²) < 4.78 is 11.2. The van der Waals surface area contributed by atoms with Gasteiger partial charge in [0, 0.05) is 6.42 Å². The molecule has 0 radical (unpaired) electrons. The second-order valence-electron chi connectivity index (χ2n) is 18.7. The van der Waals surface area contributed by atoms with E-state index in [2.05, 4.69) is 43.5 Å². The molecule has 0 spiro atoms. The lowest BCUT2D eigenvalue weighted by molar-refractivity contribution is -0.302. The van der Waals surface area contributed by atoms with Crippen LogP contribution >= 0.6 is 0 Å². The van der Waals surface area contributed by atoms with E-state index in [0.717, 1.165) is 51.4 Å². The predicted molar refractivity (Wildman–Crippen MR) is 263 cm³/mol. The van der Waals surface area contributed by atoms with Gasteiger partial charge in [-0.05, 0) is 44.9 Å². The van der Waals surface area contributed by atoms with Crippen molar-refractivity contribution in [3.05, 3.63) is 36.5 Å². The fourth-order valence-electron chi connectivity index (χ4n) is 8.42. The molecule has 1 heterocycles. The molecule has 0 aromatic heterocycles. The third-order valence-electron chi connectivity index (χ3n) is 12.7. The predicted octanol–water partition coefficient (Wildman–Crippen LogP) is 12.4. The Labute approximate surface area is 387 Å². The molecule has 1 saturated heterocycles. The summed E-state index contributed by atoms with van der Waals surface area (Å²) in [7, 11) is 0. The molecule has 0 saturated carbocycles. The minimum absolute atomic E-state index is 0.188. The average Bonchev–Trinajstić information content (AvgIpc) is 3.28. The zero-order valence-electron chi connectivity index (χ0n) is 40.8. The fraction of sp³-hybridized carbons (Fsp3) is 0.870. The van der Waals surface area contributed by atoms with Crippen LogP contribution in [-0.2, 0) is 14.3 Å². The van der Waals surface area contributed by atoms with Gasteiger partial charge in [-0.25, -0.2) is 0 Å². The molecule has 9 nitrogen and oxygen atoms in total. The van der Waals surface area contributed by atoms with Crippen LogP contribution < -0.4 is 5.32 Å². The van der Waals surface area contributed by atoms with Gasteiger partial charge in [-0.15, -0.1) is 0 Å². The molecule has 1 aliphatic heterocycles. The van der Waals surface area contributed by atoms with Gasteiger partial charge in [0.05, 0.1) is 25.4 Å². The largest absolute Gasteiger partial charge is 0.394 e. The molecule has 7 atom stereocenters. The molecular formula is C54H101NO8. The third-order valence-corrected chi connectivity index (χ3v) is 12.7. The highest BCUT2D eigenvalue weighted by molar-refractivity contribution is 5.76. The van der Waals surface area contributed by atoms with Crippen molar-refractivity contribution in [3.63, 3.8) is 0 Å². The molecular weight excluding hydrogens is 791 g/mol. The van der Waals surface area contributed by atoms with Crippen molar-refractivity contribution in [2.24, 2.45) is 0 Å². The zero-order valence-corrected chi connectivity index (χ0v) is 40.8. The van der Waals surface area contributed by atoms with E-state index in [-0.39, 0.29) is 12.5 Å². The number of carbonyl (C=O) groups is 1. The third kappa shape index (κ3) is 34.4. The molecule has 0 bridgehead atoms. The molecule has 1 aliphatic rings. The van der Waals surface area contributed by atoms with Crippen LogP contribution in [0.25, 0.3) is 0 Å². The lowest BCUT2D eigenvalue weighted by Crippen LogP contribution is -2.60. The second-order valence-corrected chi connectivity index (χ2v) is 18.7. The molecule has 6 N–H and O–H groups in total. The van der Waals surface area contributed by atoms with E-state index in [1.807, 2.05) is 6.08 Å². The topological polar surface area (TPSA) is 149 Å². The average molecular weight is 892 g/mol. The summed E-state index contributed by atoms with van der Waals surface area (Å²) in [5.74, 6) is -0.188. The quantitative estimate of drug-likeness (QED) is 0.0261. The van der Waals surface area contributed by atoms with Gasteiger partial charge in [0.15, 0.2) is 6.29 Å². The van der Waals surface area contributed by atoms with Gasteiger partial charge >= 0.3 is 0 Å². The van der Waals surface area contributed by atoms with Crippen LogP contribution in [0, 0.1) is 0 Å². The smallest absolute Gasteiger partial charge is 0.220 e. The zero-order chi connectivity index (χ0) is 45.9. The SMILES string of the molecule is CCCCCCC/C=C/CC/C=C/CC/C=C/C(O)C(COC1OC(CO)C(O)C(O)C1O)NC(=O)CCCCCCCCCCCCCCCCCCCCCCCCCCC. The lowest BCUT2D eigenvalue weighted by atomic mass is 9.99. The first-order valence-corrected chi connectivity index (χ1v) is 26.7. The minimum atomic E-state index is -1.57. The lowest BCUT2D eigenvalue weighted by Gasteiger charge is -2.40. The molecule has 63 heavy (non-hydrogen) atoms. The standard InChI is InChI=1S/C54H101NO8/c1-3-5-7-9-11-13-15-17-19-20-21-22-23-24-25-26-27-28-30-32-34-36-38-40-42-44-50(58)55-47(46-62-54-53(61)52(60)51(59)49(45-56)63-54)48(57)43-41-39-37-35-33-31-29-18-16-14-12-10-8-6-4-2/h16,18,33,35,41,43,47-49,51-54,56-57,59-61H,3-15,17,19-32,34,36-40,42,44-46H2,1-2H3,(H,55,58)/b18-16+,35-33+,43-41+. The molecule has 1 fully saturated rings. The van der Waals surface area contributed by atoms with Crippen molar-refractivity contribution >= 4 is 5.91 Å². The summed E-state index contributed by atoms with van der Waals surface area (Å²) in [6, 6.07) is -0.825. The van der Waals surface area contributed by atoms with Gasteiger partial charge in [-0.1, -0.05) is 230 Å². The molecule has 370 valence electrons. The van der Waals surface area contributed by atoms with Crippen molar-refractivity contribution in [2.75, 3.05) is 13.2 Å². The Morgan fingerprint density at radius 3 is 1.33 bits per heavy atom. The summed E-state index contributed by atoms with van der Waals surface area (Å²) in [5.41, 5.74) is 0. The number of allylic oxidation sites excluding steroid dienone is 5. The van der Waals surface area contributed by atoms with E-state index >= 15 is 0 Å². The maximum Gasteiger partial charge on any atom is 0.220 e.